The van der Waals surface area contributed by atoms with Gasteiger partial charge in [0.25, 0.3) is 0 Å². The highest BCUT2D eigenvalue weighted by Gasteiger charge is 2.27. The van der Waals surface area contributed by atoms with Crippen molar-refractivity contribution in [3.63, 3.8) is 0 Å². The molecule has 2 aromatic heterocycles. The van der Waals surface area contributed by atoms with Crippen molar-refractivity contribution in [1.29, 1.82) is 0 Å². The van der Waals surface area contributed by atoms with Crippen molar-refractivity contribution < 1.29 is 0 Å². The first-order valence-electron chi connectivity index (χ1n) is 8.45. The van der Waals surface area contributed by atoms with Gasteiger partial charge in [-0.1, -0.05) is 54.6 Å². The van der Waals surface area contributed by atoms with Crippen LogP contribution in [-0.4, -0.2) is 9.55 Å². The molecule has 0 saturated heterocycles. The van der Waals surface area contributed by atoms with E-state index in [1.54, 1.807) is 11.3 Å². The Bertz CT molecular complexity index is 1240. The van der Waals surface area contributed by atoms with Crippen LogP contribution in [0.1, 0.15) is 5.56 Å². The van der Waals surface area contributed by atoms with Crippen LogP contribution in [0.4, 0.5) is 0 Å². The average Bonchev–Trinajstić information content (AvgIpc) is 3.32. The van der Waals surface area contributed by atoms with Crippen molar-refractivity contribution in [2.45, 2.75) is 6.54 Å². The van der Waals surface area contributed by atoms with E-state index in [4.69, 9.17) is 4.98 Å². The van der Waals surface area contributed by atoms with Crippen LogP contribution < -0.4 is 0 Å². The number of thiazole rings is 1. The monoisotopic (exact) mass is 338 g/mol. The average molecular weight is 338 g/mol. The standard InChI is InChI=1S/C22H14N2S/c1-2-8-15-14(7-1)13-24-18-11-5-3-9-16(18)20(21(15)24)22-23-17-10-4-6-12-19(17)25-22/h1-12H,13H2. The number of nitrogens with zero attached hydrogens (tertiary/aromatic N) is 2. The van der Waals surface area contributed by atoms with Gasteiger partial charge in [-0.2, -0.15) is 0 Å². The van der Waals surface area contributed by atoms with E-state index < -0.39 is 0 Å². The van der Waals surface area contributed by atoms with Crippen molar-refractivity contribution in [2.75, 3.05) is 0 Å². The van der Waals surface area contributed by atoms with Crippen LogP contribution in [0.15, 0.2) is 72.8 Å². The molecule has 1 aliphatic heterocycles. The van der Waals surface area contributed by atoms with Gasteiger partial charge in [-0.15, -0.1) is 11.3 Å². The molecule has 6 rings (SSSR count). The van der Waals surface area contributed by atoms with E-state index >= 15 is 0 Å². The summed E-state index contributed by atoms with van der Waals surface area (Å²) in [7, 11) is 0. The third-order valence-electron chi connectivity index (χ3n) is 5.08. The van der Waals surface area contributed by atoms with Crippen molar-refractivity contribution in [3.8, 4) is 21.8 Å². The number of rotatable bonds is 1. The highest BCUT2D eigenvalue weighted by atomic mass is 32.1. The lowest BCUT2D eigenvalue weighted by Gasteiger charge is -2.02. The molecule has 2 nitrogen and oxygen atoms in total. The van der Waals surface area contributed by atoms with Gasteiger partial charge >= 0.3 is 0 Å². The minimum Gasteiger partial charge on any atom is -0.335 e. The summed E-state index contributed by atoms with van der Waals surface area (Å²) < 4.78 is 3.69. The maximum atomic E-state index is 4.96. The highest BCUT2D eigenvalue weighted by Crippen LogP contribution is 2.47. The van der Waals surface area contributed by atoms with Gasteiger partial charge in [0.2, 0.25) is 0 Å². The molecule has 0 saturated carbocycles. The first-order valence-corrected chi connectivity index (χ1v) is 9.27. The summed E-state index contributed by atoms with van der Waals surface area (Å²) >= 11 is 1.79. The molecule has 118 valence electrons. The molecule has 0 radical (unpaired) electrons. The van der Waals surface area contributed by atoms with Crippen LogP contribution in [0, 0.1) is 0 Å². The number of para-hydroxylation sites is 2. The Kier molecular flexibility index (Phi) is 2.57. The topological polar surface area (TPSA) is 17.8 Å². The van der Waals surface area contributed by atoms with E-state index in [9.17, 15) is 0 Å². The maximum absolute atomic E-state index is 4.96. The summed E-state index contributed by atoms with van der Waals surface area (Å²) in [5.74, 6) is 0. The molecule has 25 heavy (non-hydrogen) atoms. The Morgan fingerprint density at radius 1 is 0.840 bits per heavy atom. The summed E-state index contributed by atoms with van der Waals surface area (Å²) in [4.78, 5) is 4.96. The predicted molar refractivity (Wildman–Crippen MR) is 105 cm³/mol. The SMILES string of the molecule is c1ccc2c(c1)Cn1c-2c(-c2nc3ccccc3s2)c2ccccc21. The number of hydrogen-bond acceptors (Lipinski definition) is 2. The summed E-state index contributed by atoms with van der Waals surface area (Å²) in [6.07, 6.45) is 0. The van der Waals surface area contributed by atoms with Crippen molar-refractivity contribution >= 4 is 32.5 Å². The Morgan fingerprint density at radius 3 is 2.60 bits per heavy atom. The fourth-order valence-corrected chi connectivity index (χ4v) is 5.03. The van der Waals surface area contributed by atoms with Gasteiger partial charge in [-0.25, -0.2) is 4.98 Å². The highest BCUT2D eigenvalue weighted by molar-refractivity contribution is 7.21. The van der Waals surface area contributed by atoms with Crippen LogP contribution in [0.5, 0.6) is 0 Å². The minimum atomic E-state index is 0.941. The van der Waals surface area contributed by atoms with Crippen molar-refractivity contribution in [3.05, 3.63) is 78.4 Å². The number of aromatic nitrogens is 2. The second-order valence-electron chi connectivity index (χ2n) is 6.47. The smallest absolute Gasteiger partial charge is 0.127 e. The molecule has 0 atom stereocenters. The van der Waals surface area contributed by atoms with Crippen LogP contribution in [-0.2, 0) is 6.54 Å². The largest absolute Gasteiger partial charge is 0.335 e. The minimum absolute atomic E-state index is 0.941. The van der Waals surface area contributed by atoms with Gasteiger partial charge < -0.3 is 4.57 Å². The predicted octanol–water partition coefficient (Wildman–Crippen LogP) is 5.95. The van der Waals surface area contributed by atoms with Crippen LogP contribution in [0.25, 0.3) is 42.9 Å². The third kappa shape index (κ3) is 1.76. The molecule has 0 N–H and O–H groups in total. The maximum Gasteiger partial charge on any atom is 0.127 e. The number of hydrogen-bond donors (Lipinski definition) is 0. The molecule has 1 aliphatic rings. The van der Waals surface area contributed by atoms with Gasteiger partial charge in [0.15, 0.2) is 0 Å². The van der Waals surface area contributed by atoms with Crippen molar-refractivity contribution in [2.24, 2.45) is 0 Å². The summed E-state index contributed by atoms with van der Waals surface area (Å²) in [5.41, 5.74) is 7.71. The lowest BCUT2D eigenvalue weighted by atomic mass is 10.0. The molecule has 3 heteroatoms. The van der Waals surface area contributed by atoms with E-state index in [0.717, 1.165) is 17.1 Å². The van der Waals surface area contributed by atoms with Gasteiger partial charge in [0, 0.05) is 28.6 Å². The molecular formula is C22H14N2S. The normalized spacial score (nSPS) is 12.6. The Balaban J connectivity index is 1.76. The molecule has 0 aliphatic carbocycles. The Hall–Kier alpha value is -2.91. The van der Waals surface area contributed by atoms with E-state index in [1.165, 1.54) is 38.0 Å². The van der Waals surface area contributed by atoms with E-state index in [1.807, 2.05) is 0 Å². The van der Waals surface area contributed by atoms with Crippen molar-refractivity contribution in [1.82, 2.24) is 9.55 Å². The molecular weight excluding hydrogens is 324 g/mol. The van der Waals surface area contributed by atoms with E-state index in [0.29, 0.717) is 0 Å². The zero-order valence-corrected chi connectivity index (χ0v) is 14.3. The third-order valence-corrected chi connectivity index (χ3v) is 6.13. The summed E-state index contributed by atoms with van der Waals surface area (Å²) in [6, 6.07) is 25.8. The Morgan fingerprint density at radius 2 is 1.64 bits per heavy atom. The molecule has 0 bridgehead atoms. The molecule has 3 aromatic carbocycles. The zero-order valence-electron chi connectivity index (χ0n) is 13.4. The summed E-state index contributed by atoms with van der Waals surface area (Å²) in [6.45, 7) is 0.941. The quantitative estimate of drug-likeness (QED) is 0.362. The molecule has 5 aromatic rings. The van der Waals surface area contributed by atoms with Gasteiger partial charge in [0.05, 0.1) is 15.9 Å². The molecule has 3 heterocycles. The van der Waals surface area contributed by atoms with E-state index in [-0.39, 0.29) is 0 Å². The van der Waals surface area contributed by atoms with E-state index in [2.05, 4.69) is 77.4 Å². The number of fused-ring (bicyclic) bond motifs is 6. The van der Waals surface area contributed by atoms with Crippen LogP contribution in [0.2, 0.25) is 0 Å². The lowest BCUT2D eigenvalue weighted by molar-refractivity contribution is 0.887. The second kappa shape index (κ2) is 4.80. The van der Waals surface area contributed by atoms with Crippen LogP contribution in [0.3, 0.4) is 0 Å². The lowest BCUT2D eigenvalue weighted by Crippen LogP contribution is -1.91. The zero-order chi connectivity index (χ0) is 16.4. The summed E-state index contributed by atoms with van der Waals surface area (Å²) in [5, 5.41) is 2.41. The van der Waals surface area contributed by atoms with Gasteiger partial charge in [0.1, 0.15) is 5.01 Å². The van der Waals surface area contributed by atoms with Gasteiger partial charge in [-0.3, -0.25) is 0 Å². The first kappa shape index (κ1) is 13.4. The Labute approximate surface area is 149 Å². The molecule has 0 fully saturated rings. The number of benzene rings is 3. The fraction of sp³-hybridized carbons (Fsp3) is 0.0455. The second-order valence-corrected chi connectivity index (χ2v) is 7.50. The fourth-order valence-electron chi connectivity index (χ4n) is 4.00. The first-order chi connectivity index (χ1) is 12.4. The molecule has 0 spiro atoms. The molecule has 0 amide bonds. The molecule has 0 unspecified atom stereocenters. The van der Waals surface area contributed by atoms with Gasteiger partial charge in [-0.05, 0) is 23.8 Å². The van der Waals surface area contributed by atoms with Crippen LogP contribution >= 0.6 is 11.3 Å².